The van der Waals surface area contributed by atoms with Crippen molar-refractivity contribution < 1.29 is 32.2 Å². The van der Waals surface area contributed by atoms with Gasteiger partial charge in [0, 0.05) is 6.07 Å². The van der Waals surface area contributed by atoms with Gasteiger partial charge < -0.3 is 18.9 Å². The normalized spacial score (nSPS) is 10.8. The lowest BCUT2D eigenvalue weighted by molar-refractivity contribution is -0.145. The summed E-state index contributed by atoms with van der Waals surface area (Å²) in [6.07, 6.45) is 0. The molecule has 146 valence electrons. The lowest BCUT2D eigenvalue weighted by Crippen LogP contribution is -2.15. The molecular weight excluding hydrogens is 374 g/mol. The number of ether oxygens (including phenoxy) is 4. The number of sulfonamides is 1. The summed E-state index contributed by atoms with van der Waals surface area (Å²) in [5.41, 5.74) is 0.329. The van der Waals surface area contributed by atoms with E-state index in [0.29, 0.717) is 22.9 Å². The minimum Gasteiger partial charge on any atom is -0.493 e. The van der Waals surface area contributed by atoms with Gasteiger partial charge in [0.2, 0.25) is 0 Å². The van der Waals surface area contributed by atoms with Crippen LogP contribution in [-0.2, 0) is 19.6 Å². The van der Waals surface area contributed by atoms with Crippen LogP contribution in [0.1, 0.15) is 6.92 Å². The molecule has 0 unspecified atom stereocenters. The molecule has 0 aliphatic rings. The predicted octanol–water partition coefficient (Wildman–Crippen LogP) is 2.45. The van der Waals surface area contributed by atoms with Crippen LogP contribution in [0.15, 0.2) is 47.4 Å². The maximum Gasteiger partial charge on any atom is 0.344 e. The predicted molar refractivity (Wildman–Crippen MR) is 98.9 cm³/mol. The van der Waals surface area contributed by atoms with Crippen LogP contribution in [-0.4, -0.2) is 41.8 Å². The Hall–Kier alpha value is -2.94. The Bertz CT molecular complexity index is 879. The van der Waals surface area contributed by atoms with Gasteiger partial charge in [-0.1, -0.05) is 0 Å². The number of rotatable bonds is 9. The van der Waals surface area contributed by atoms with Gasteiger partial charge in [-0.2, -0.15) is 0 Å². The molecule has 0 atom stereocenters. The second-order valence-corrected chi connectivity index (χ2v) is 6.92. The van der Waals surface area contributed by atoms with Gasteiger partial charge in [0.15, 0.2) is 18.1 Å². The van der Waals surface area contributed by atoms with E-state index in [9.17, 15) is 13.2 Å². The summed E-state index contributed by atoms with van der Waals surface area (Å²) in [6, 6.07) is 10.4. The average Bonchev–Trinajstić information content (AvgIpc) is 2.66. The third kappa shape index (κ3) is 5.52. The Morgan fingerprint density at radius 2 is 1.67 bits per heavy atom. The number of benzene rings is 2. The minimum atomic E-state index is -3.81. The maximum absolute atomic E-state index is 12.5. The van der Waals surface area contributed by atoms with E-state index >= 15 is 0 Å². The first-order valence-corrected chi connectivity index (χ1v) is 9.51. The van der Waals surface area contributed by atoms with Crippen LogP contribution in [0, 0.1) is 0 Å². The molecule has 0 saturated carbocycles. The summed E-state index contributed by atoms with van der Waals surface area (Å²) in [7, 11) is -0.851. The SMILES string of the molecule is CCOC(=O)COc1ccc(S(=O)(=O)Nc2ccc(OC)c(OC)c2)cc1. The molecular formula is C18H21NO7S. The highest BCUT2D eigenvalue weighted by molar-refractivity contribution is 7.92. The molecule has 0 heterocycles. The molecule has 0 aliphatic carbocycles. The molecule has 2 aromatic rings. The lowest BCUT2D eigenvalue weighted by atomic mass is 10.3. The van der Waals surface area contributed by atoms with Crippen LogP contribution in [0.2, 0.25) is 0 Å². The minimum absolute atomic E-state index is 0.0424. The highest BCUT2D eigenvalue weighted by Gasteiger charge is 2.16. The van der Waals surface area contributed by atoms with E-state index in [1.807, 2.05) is 0 Å². The van der Waals surface area contributed by atoms with Crippen LogP contribution in [0.25, 0.3) is 0 Å². The van der Waals surface area contributed by atoms with E-state index in [1.165, 1.54) is 44.6 Å². The highest BCUT2D eigenvalue weighted by Crippen LogP contribution is 2.30. The maximum atomic E-state index is 12.5. The smallest absolute Gasteiger partial charge is 0.344 e. The van der Waals surface area contributed by atoms with Gasteiger partial charge in [-0.05, 0) is 43.3 Å². The number of nitrogens with one attached hydrogen (secondary N) is 1. The van der Waals surface area contributed by atoms with E-state index in [0.717, 1.165) is 0 Å². The first-order chi connectivity index (χ1) is 12.9. The fourth-order valence-electron chi connectivity index (χ4n) is 2.17. The first kappa shape index (κ1) is 20.4. The molecule has 0 bridgehead atoms. The number of hydrogen-bond donors (Lipinski definition) is 1. The van der Waals surface area contributed by atoms with Gasteiger partial charge in [-0.25, -0.2) is 13.2 Å². The summed E-state index contributed by atoms with van der Waals surface area (Å²) in [5.74, 6) is 0.751. The van der Waals surface area contributed by atoms with Gasteiger partial charge in [-0.3, -0.25) is 4.72 Å². The molecule has 2 rings (SSSR count). The summed E-state index contributed by atoms with van der Waals surface area (Å²) in [4.78, 5) is 11.3. The largest absolute Gasteiger partial charge is 0.493 e. The summed E-state index contributed by atoms with van der Waals surface area (Å²) in [6.45, 7) is 1.72. The van der Waals surface area contributed by atoms with Crippen molar-refractivity contribution in [2.45, 2.75) is 11.8 Å². The van der Waals surface area contributed by atoms with E-state index in [1.54, 1.807) is 19.1 Å². The molecule has 2 aromatic carbocycles. The van der Waals surface area contributed by atoms with E-state index in [4.69, 9.17) is 18.9 Å². The molecule has 0 saturated heterocycles. The van der Waals surface area contributed by atoms with Crippen molar-refractivity contribution in [3.63, 3.8) is 0 Å². The average molecular weight is 395 g/mol. The third-order valence-corrected chi connectivity index (χ3v) is 4.83. The quantitative estimate of drug-likeness (QED) is 0.651. The molecule has 0 spiro atoms. The first-order valence-electron chi connectivity index (χ1n) is 8.03. The number of hydrogen-bond acceptors (Lipinski definition) is 7. The van der Waals surface area contributed by atoms with Crippen molar-refractivity contribution in [1.82, 2.24) is 0 Å². The van der Waals surface area contributed by atoms with Gasteiger partial charge in [0.1, 0.15) is 5.75 Å². The van der Waals surface area contributed by atoms with Crippen molar-refractivity contribution in [1.29, 1.82) is 0 Å². The van der Waals surface area contributed by atoms with Crippen LogP contribution < -0.4 is 18.9 Å². The van der Waals surface area contributed by atoms with Crippen LogP contribution >= 0.6 is 0 Å². The van der Waals surface area contributed by atoms with Crippen molar-refractivity contribution in [2.75, 3.05) is 32.2 Å². The molecule has 0 fully saturated rings. The van der Waals surface area contributed by atoms with Crippen LogP contribution in [0.5, 0.6) is 17.2 Å². The molecule has 1 N–H and O–H groups in total. The van der Waals surface area contributed by atoms with Crippen molar-refractivity contribution in [2.24, 2.45) is 0 Å². The van der Waals surface area contributed by atoms with Gasteiger partial charge in [0.05, 0.1) is 31.4 Å². The number of carbonyl (C=O) groups is 1. The Morgan fingerprint density at radius 3 is 2.26 bits per heavy atom. The lowest BCUT2D eigenvalue weighted by Gasteiger charge is -2.12. The van der Waals surface area contributed by atoms with Crippen LogP contribution in [0.4, 0.5) is 5.69 Å². The Labute approximate surface area is 158 Å². The molecule has 0 aromatic heterocycles. The van der Waals surface area contributed by atoms with E-state index in [2.05, 4.69) is 4.72 Å². The number of anilines is 1. The fourth-order valence-corrected chi connectivity index (χ4v) is 3.22. The summed E-state index contributed by atoms with van der Waals surface area (Å²) < 4.78 is 47.8. The van der Waals surface area contributed by atoms with Crippen molar-refractivity contribution in [3.8, 4) is 17.2 Å². The van der Waals surface area contributed by atoms with E-state index in [-0.39, 0.29) is 18.1 Å². The third-order valence-electron chi connectivity index (χ3n) is 3.43. The molecule has 0 aliphatic heterocycles. The zero-order valence-electron chi connectivity index (χ0n) is 15.2. The van der Waals surface area contributed by atoms with Crippen molar-refractivity contribution >= 4 is 21.7 Å². The van der Waals surface area contributed by atoms with Gasteiger partial charge >= 0.3 is 5.97 Å². The molecule has 8 nitrogen and oxygen atoms in total. The zero-order valence-corrected chi connectivity index (χ0v) is 16.0. The summed E-state index contributed by atoms with van der Waals surface area (Å²) >= 11 is 0. The standard InChI is InChI=1S/C18H21NO7S/c1-4-25-18(20)12-26-14-6-8-15(9-7-14)27(21,22)19-13-5-10-16(23-2)17(11-13)24-3/h5-11,19H,4,12H2,1-3H3. The highest BCUT2D eigenvalue weighted by atomic mass is 32.2. The Kier molecular flexibility index (Phi) is 6.89. The molecule has 0 radical (unpaired) electrons. The Morgan fingerprint density at radius 1 is 1.00 bits per heavy atom. The van der Waals surface area contributed by atoms with Gasteiger partial charge in [-0.15, -0.1) is 0 Å². The number of esters is 1. The second-order valence-electron chi connectivity index (χ2n) is 5.24. The Balaban J connectivity index is 2.09. The summed E-state index contributed by atoms with van der Waals surface area (Å²) in [5, 5.41) is 0. The number of carbonyl (C=O) groups excluding carboxylic acids is 1. The van der Waals surface area contributed by atoms with Gasteiger partial charge in [0.25, 0.3) is 10.0 Å². The van der Waals surface area contributed by atoms with Crippen molar-refractivity contribution in [3.05, 3.63) is 42.5 Å². The van der Waals surface area contributed by atoms with Crippen LogP contribution in [0.3, 0.4) is 0 Å². The topological polar surface area (TPSA) is 100 Å². The molecule has 27 heavy (non-hydrogen) atoms. The molecule has 9 heteroatoms. The number of methoxy groups -OCH3 is 2. The zero-order chi connectivity index (χ0) is 19.9. The monoisotopic (exact) mass is 395 g/mol. The van der Waals surface area contributed by atoms with E-state index < -0.39 is 16.0 Å². The fraction of sp³-hybridized carbons (Fsp3) is 0.278. The second kappa shape index (κ2) is 9.13. The molecule has 0 amide bonds.